The zero-order valence-corrected chi connectivity index (χ0v) is 17.0. The summed E-state index contributed by atoms with van der Waals surface area (Å²) in [5.74, 6) is 0.527. The number of nitrogens with one attached hydrogen (secondary N) is 1. The summed E-state index contributed by atoms with van der Waals surface area (Å²) in [6.45, 7) is 10.6. The van der Waals surface area contributed by atoms with Crippen molar-refractivity contribution < 1.29 is 4.39 Å². The lowest BCUT2D eigenvalue weighted by Gasteiger charge is -2.20. The number of benzene rings is 2. The van der Waals surface area contributed by atoms with Crippen LogP contribution in [0, 0.1) is 5.92 Å². The van der Waals surface area contributed by atoms with Gasteiger partial charge in [-0.1, -0.05) is 74.0 Å². The van der Waals surface area contributed by atoms with Crippen molar-refractivity contribution in [2.45, 2.75) is 45.8 Å². The van der Waals surface area contributed by atoms with E-state index >= 15 is 0 Å². The van der Waals surface area contributed by atoms with Crippen molar-refractivity contribution >= 4 is 28.9 Å². The van der Waals surface area contributed by atoms with E-state index in [2.05, 4.69) is 32.7 Å². The largest absolute Gasteiger partial charge is 0.382 e. The summed E-state index contributed by atoms with van der Waals surface area (Å²) >= 11 is 11.9. The minimum Gasteiger partial charge on any atom is -0.382 e. The fourth-order valence-corrected chi connectivity index (χ4v) is 2.94. The standard InChI is InChI=1S/C22H26Cl2FN/c1-14(2)15(3)26-16(4)19-8-5-17(6-9-19)11-20(25)12-18-7-10-21(23)22(24)13-18/h5-10,13-15,20,26H,4,11-12H2,1-3H3. The molecular weight excluding hydrogens is 368 g/mol. The van der Waals surface area contributed by atoms with Gasteiger partial charge in [0.1, 0.15) is 6.17 Å². The first-order valence-corrected chi connectivity index (χ1v) is 9.64. The van der Waals surface area contributed by atoms with Crippen molar-refractivity contribution in [3.63, 3.8) is 0 Å². The van der Waals surface area contributed by atoms with Crippen LogP contribution in [-0.4, -0.2) is 12.2 Å². The van der Waals surface area contributed by atoms with Crippen LogP contribution in [0.3, 0.4) is 0 Å². The van der Waals surface area contributed by atoms with Crippen molar-refractivity contribution in [3.8, 4) is 0 Å². The van der Waals surface area contributed by atoms with E-state index < -0.39 is 6.17 Å². The average Bonchev–Trinajstić information content (AvgIpc) is 2.58. The molecule has 0 heterocycles. The van der Waals surface area contributed by atoms with Gasteiger partial charge in [0.05, 0.1) is 10.0 Å². The van der Waals surface area contributed by atoms with Gasteiger partial charge in [-0.15, -0.1) is 0 Å². The predicted octanol–water partition coefficient (Wildman–Crippen LogP) is 6.72. The molecule has 0 bridgehead atoms. The Morgan fingerprint density at radius 3 is 2.12 bits per heavy atom. The Hall–Kier alpha value is -1.51. The molecule has 1 nitrogen and oxygen atoms in total. The van der Waals surface area contributed by atoms with Crippen LogP contribution in [0.15, 0.2) is 49.0 Å². The Kier molecular flexibility index (Phi) is 7.55. The van der Waals surface area contributed by atoms with Crippen LogP contribution in [0.4, 0.5) is 4.39 Å². The van der Waals surface area contributed by atoms with E-state index in [1.807, 2.05) is 30.3 Å². The molecule has 26 heavy (non-hydrogen) atoms. The minimum atomic E-state index is -0.972. The summed E-state index contributed by atoms with van der Waals surface area (Å²) in [7, 11) is 0. The van der Waals surface area contributed by atoms with E-state index in [0.29, 0.717) is 34.8 Å². The maximum absolute atomic E-state index is 14.4. The van der Waals surface area contributed by atoms with Gasteiger partial charge in [0.15, 0.2) is 0 Å². The van der Waals surface area contributed by atoms with Crippen LogP contribution >= 0.6 is 23.2 Å². The zero-order chi connectivity index (χ0) is 19.3. The van der Waals surface area contributed by atoms with Gasteiger partial charge in [0.25, 0.3) is 0 Å². The van der Waals surface area contributed by atoms with Crippen LogP contribution in [0.5, 0.6) is 0 Å². The van der Waals surface area contributed by atoms with E-state index in [9.17, 15) is 4.39 Å². The van der Waals surface area contributed by atoms with E-state index in [1.165, 1.54) is 0 Å². The molecule has 2 aromatic rings. The predicted molar refractivity (Wildman–Crippen MR) is 112 cm³/mol. The Bertz CT molecular complexity index is 740. The van der Waals surface area contributed by atoms with Gasteiger partial charge in [-0.05, 0) is 41.7 Å². The number of rotatable bonds is 8. The summed E-state index contributed by atoms with van der Waals surface area (Å²) in [5.41, 5.74) is 3.74. The molecule has 2 atom stereocenters. The lowest BCUT2D eigenvalue weighted by atomic mass is 10.0. The molecule has 0 amide bonds. The van der Waals surface area contributed by atoms with E-state index in [-0.39, 0.29) is 0 Å². The highest BCUT2D eigenvalue weighted by molar-refractivity contribution is 6.42. The molecule has 0 spiro atoms. The highest BCUT2D eigenvalue weighted by Gasteiger charge is 2.12. The zero-order valence-electron chi connectivity index (χ0n) is 15.5. The minimum absolute atomic E-state index is 0.318. The first kappa shape index (κ1) is 20.8. The van der Waals surface area contributed by atoms with E-state index in [0.717, 1.165) is 22.4 Å². The van der Waals surface area contributed by atoms with Crippen molar-refractivity contribution in [1.29, 1.82) is 0 Å². The molecule has 0 saturated carbocycles. The molecule has 140 valence electrons. The van der Waals surface area contributed by atoms with Gasteiger partial charge in [-0.25, -0.2) is 4.39 Å². The Morgan fingerprint density at radius 1 is 0.962 bits per heavy atom. The second-order valence-electron chi connectivity index (χ2n) is 7.11. The molecule has 2 rings (SSSR count). The van der Waals surface area contributed by atoms with Crippen molar-refractivity contribution in [3.05, 3.63) is 75.8 Å². The normalized spacial score (nSPS) is 13.5. The highest BCUT2D eigenvalue weighted by atomic mass is 35.5. The number of hydrogen-bond donors (Lipinski definition) is 1. The Labute approximate surface area is 166 Å². The molecule has 0 aliphatic carbocycles. The van der Waals surface area contributed by atoms with Gasteiger partial charge >= 0.3 is 0 Å². The maximum Gasteiger partial charge on any atom is 0.108 e. The van der Waals surface area contributed by atoms with E-state index in [4.69, 9.17) is 23.2 Å². The maximum atomic E-state index is 14.4. The third-order valence-corrected chi connectivity index (χ3v) is 5.34. The summed E-state index contributed by atoms with van der Waals surface area (Å²) in [6.07, 6.45) is -0.290. The smallest absolute Gasteiger partial charge is 0.108 e. The SMILES string of the molecule is C=C(NC(C)C(C)C)c1ccc(CC(F)Cc2ccc(Cl)c(Cl)c2)cc1. The molecule has 1 N–H and O–H groups in total. The van der Waals surface area contributed by atoms with Gasteiger partial charge in [-0.3, -0.25) is 0 Å². The lowest BCUT2D eigenvalue weighted by Crippen LogP contribution is -2.28. The molecule has 0 aliphatic rings. The van der Waals surface area contributed by atoms with Crippen molar-refractivity contribution in [2.75, 3.05) is 0 Å². The molecule has 0 aromatic heterocycles. The third kappa shape index (κ3) is 6.03. The monoisotopic (exact) mass is 393 g/mol. The van der Waals surface area contributed by atoms with E-state index in [1.54, 1.807) is 12.1 Å². The quantitative estimate of drug-likeness (QED) is 0.524. The fourth-order valence-electron chi connectivity index (χ4n) is 2.62. The average molecular weight is 394 g/mol. The topological polar surface area (TPSA) is 12.0 Å². The first-order valence-electron chi connectivity index (χ1n) is 8.89. The molecule has 4 heteroatoms. The number of hydrogen-bond acceptors (Lipinski definition) is 1. The fraction of sp³-hybridized carbons (Fsp3) is 0.364. The molecule has 0 aliphatic heterocycles. The summed E-state index contributed by atoms with van der Waals surface area (Å²) in [5, 5.41) is 4.36. The molecule has 0 radical (unpaired) electrons. The number of alkyl halides is 1. The van der Waals surface area contributed by atoms with Gasteiger partial charge < -0.3 is 5.32 Å². The summed E-state index contributed by atoms with van der Waals surface area (Å²) in [4.78, 5) is 0. The molecule has 2 unspecified atom stereocenters. The Balaban J connectivity index is 1.93. The van der Waals surface area contributed by atoms with Crippen LogP contribution in [0.2, 0.25) is 10.0 Å². The number of halogens is 3. The second kappa shape index (κ2) is 9.43. The molecule has 0 fully saturated rings. The van der Waals surface area contributed by atoms with Gasteiger partial charge in [0, 0.05) is 24.6 Å². The lowest BCUT2D eigenvalue weighted by molar-refractivity contribution is 0.330. The highest BCUT2D eigenvalue weighted by Crippen LogP contribution is 2.24. The van der Waals surface area contributed by atoms with Gasteiger partial charge in [-0.2, -0.15) is 0 Å². The molecule has 0 saturated heterocycles. The first-order chi connectivity index (χ1) is 12.3. The molecule has 2 aromatic carbocycles. The van der Waals surface area contributed by atoms with Crippen LogP contribution in [0.25, 0.3) is 5.70 Å². The summed E-state index contributed by atoms with van der Waals surface area (Å²) < 4.78 is 14.4. The second-order valence-corrected chi connectivity index (χ2v) is 7.92. The third-order valence-electron chi connectivity index (χ3n) is 4.60. The van der Waals surface area contributed by atoms with Crippen LogP contribution in [0.1, 0.15) is 37.5 Å². The van der Waals surface area contributed by atoms with Crippen LogP contribution in [-0.2, 0) is 12.8 Å². The summed E-state index contributed by atoms with van der Waals surface area (Å²) in [6, 6.07) is 13.5. The van der Waals surface area contributed by atoms with Crippen molar-refractivity contribution in [1.82, 2.24) is 5.32 Å². The van der Waals surface area contributed by atoms with Gasteiger partial charge in [0.2, 0.25) is 0 Å². The van der Waals surface area contributed by atoms with Crippen molar-refractivity contribution in [2.24, 2.45) is 5.92 Å². The Morgan fingerprint density at radius 2 is 1.54 bits per heavy atom. The molecular formula is C22H26Cl2FN. The van der Waals surface area contributed by atoms with Crippen LogP contribution < -0.4 is 5.32 Å².